The number of hydrogen-bond donors (Lipinski definition) is 2. The van der Waals surface area contributed by atoms with Crippen LogP contribution in [0.25, 0.3) is 0 Å². The van der Waals surface area contributed by atoms with E-state index in [4.69, 9.17) is 9.47 Å². The average molecular weight is 326 g/mol. The van der Waals surface area contributed by atoms with E-state index in [1.165, 1.54) is 18.9 Å². The number of methoxy groups -OCH3 is 2. The summed E-state index contributed by atoms with van der Waals surface area (Å²) in [7, 11) is 4.67. The molecule has 0 atom stereocenters. The lowest BCUT2D eigenvalue weighted by atomic mass is 10.2. The van der Waals surface area contributed by atoms with E-state index >= 15 is 0 Å². The molecular weight excluding hydrogens is 310 g/mol. The summed E-state index contributed by atoms with van der Waals surface area (Å²) in [5.41, 5.74) is -0.0165. The number of anilines is 1. The van der Waals surface area contributed by atoms with Crippen molar-refractivity contribution in [3.05, 3.63) is 28.6 Å². The molecule has 0 aliphatic carbocycles. The van der Waals surface area contributed by atoms with Crippen molar-refractivity contribution < 1.29 is 23.5 Å². The summed E-state index contributed by atoms with van der Waals surface area (Å²) in [4.78, 5) is 23.4. The zero-order chi connectivity index (χ0) is 16.1. The minimum atomic E-state index is -0.515. The number of H-pyrrole nitrogens is 1. The third kappa shape index (κ3) is 3.61. The first-order chi connectivity index (χ1) is 10.5. The fourth-order valence-corrected chi connectivity index (χ4v) is 2.45. The standard InChI is InChI=1S/C13H15N3O5S/c1-16-12(13(18)21-15-16)22-7-11(17)14-9-6-8(19-2)4-5-10(9)20-3/h4-6H,7H2,1-3H3,(H-,14,15,17,18)/p+1. The molecule has 1 aromatic carbocycles. The Kier molecular flexibility index (Phi) is 5.10. The average Bonchev–Trinajstić information content (AvgIpc) is 2.83. The molecular formula is C13H16N3O5S+. The van der Waals surface area contributed by atoms with Crippen molar-refractivity contribution >= 4 is 23.4 Å². The molecule has 8 nitrogen and oxygen atoms in total. The summed E-state index contributed by atoms with van der Waals surface area (Å²) in [6, 6.07) is 5.09. The number of carbonyl (C=O) groups is 1. The maximum absolute atomic E-state index is 12.0. The highest BCUT2D eigenvalue weighted by Gasteiger charge is 2.19. The number of carbonyl (C=O) groups excluding carboxylic acids is 1. The molecule has 0 aliphatic heterocycles. The van der Waals surface area contributed by atoms with Crippen molar-refractivity contribution in [1.82, 2.24) is 5.27 Å². The molecule has 22 heavy (non-hydrogen) atoms. The molecule has 2 aromatic rings. The topological polar surface area (TPSA) is 97.4 Å². The van der Waals surface area contributed by atoms with Crippen LogP contribution in [0.4, 0.5) is 5.69 Å². The van der Waals surface area contributed by atoms with Gasteiger partial charge in [-0.15, -0.1) is 0 Å². The van der Waals surface area contributed by atoms with Crippen molar-refractivity contribution in [2.75, 3.05) is 25.3 Å². The number of nitrogens with one attached hydrogen (secondary N) is 2. The van der Waals surface area contributed by atoms with Crippen molar-refractivity contribution in [3.8, 4) is 11.5 Å². The fourth-order valence-electron chi connectivity index (χ4n) is 1.72. The highest BCUT2D eigenvalue weighted by molar-refractivity contribution is 7.99. The lowest BCUT2D eigenvalue weighted by molar-refractivity contribution is -0.772. The molecule has 0 aliphatic rings. The fraction of sp³-hybridized carbons (Fsp3) is 0.308. The van der Waals surface area contributed by atoms with E-state index in [1.54, 1.807) is 25.2 Å². The van der Waals surface area contributed by atoms with E-state index < -0.39 is 5.63 Å². The van der Waals surface area contributed by atoms with Crippen LogP contribution in [-0.2, 0) is 11.8 Å². The Morgan fingerprint density at radius 3 is 2.77 bits per heavy atom. The summed E-state index contributed by atoms with van der Waals surface area (Å²) >= 11 is 1.07. The van der Waals surface area contributed by atoms with Crippen LogP contribution in [0.5, 0.6) is 11.5 Å². The van der Waals surface area contributed by atoms with Crippen LogP contribution in [0.3, 0.4) is 0 Å². The van der Waals surface area contributed by atoms with Gasteiger partial charge in [0.2, 0.25) is 5.91 Å². The van der Waals surface area contributed by atoms with E-state index in [0.717, 1.165) is 11.8 Å². The first-order valence-corrected chi connectivity index (χ1v) is 7.26. The first-order valence-electron chi connectivity index (χ1n) is 6.27. The third-order valence-electron chi connectivity index (χ3n) is 2.78. The van der Waals surface area contributed by atoms with Gasteiger partial charge in [-0.2, -0.15) is 0 Å². The molecule has 118 valence electrons. The molecule has 0 spiro atoms. The molecule has 2 N–H and O–H groups in total. The number of aryl methyl sites for hydroxylation is 1. The second-order valence-electron chi connectivity index (χ2n) is 4.25. The summed E-state index contributed by atoms with van der Waals surface area (Å²) in [5.74, 6) is 0.890. The third-order valence-corrected chi connectivity index (χ3v) is 3.90. The van der Waals surface area contributed by atoms with Crippen molar-refractivity contribution in [2.24, 2.45) is 7.05 Å². The van der Waals surface area contributed by atoms with Crippen molar-refractivity contribution in [3.63, 3.8) is 0 Å². The Labute approximate surface area is 130 Å². The number of thioether (sulfide) groups is 1. The molecule has 1 amide bonds. The minimum Gasteiger partial charge on any atom is -0.497 e. The number of aromatic nitrogens is 2. The number of amides is 1. The Balaban J connectivity index is 2.04. The van der Waals surface area contributed by atoms with Crippen LogP contribution in [-0.4, -0.2) is 31.2 Å². The van der Waals surface area contributed by atoms with Gasteiger partial charge in [-0.3, -0.25) is 9.32 Å². The van der Waals surface area contributed by atoms with E-state index in [2.05, 4.69) is 15.1 Å². The van der Waals surface area contributed by atoms with Crippen LogP contribution < -0.4 is 25.1 Å². The van der Waals surface area contributed by atoms with Gasteiger partial charge < -0.3 is 14.8 Å². The van der Waals surface area contributed by atoms with Crippen LogP contribution in [0, 0.1) is 0 Å². The molecule has 1 heterocycles. The predicted octanol–water partition coefficient (Wildman–Crippen LogP) is 0.540. The summed E-state index contributed by atoms with van der Waals surface area (Å²) in [6.45, 7) is 0. The molecule has 0 bridgehead atoms. The Hall–Kier alpha value is -2.42. The minimum absolute atomic E-state index is 0.0524. The largest absolute Gasteiger partial charge is 0.497 e. The Bertz CT molecular complexity index is 725. The number of aromatic amines is 1. The molecule has 1 aromatic heterocycles. The van der Waals surface area contributed by atoms with Crippen LogP contribution in [0.1, 0.15) is 0 Å². The van der Waals surface area contributed by atoms with Gasteiger partial charge in [0.05, 0.1) is 25.7 Å². The quantitative estimate of drug-likeness (QED) is 0.594. The van der Waals surface area contributed by atoms with Crippen molar-refractivity contribution in [1.29, 1.82) is 0 Å². The molecule has 0 saturated heterocycles. The van der Waals surface area contributed by atoms with Crippen molar-refractivity contribution in [2.45, 2.75) is 5.03 Å². The molecule has 2 rings (SSSR count). The molecule has 0 saturated carbocycles. The summed E-state index contributed by atoms with van der Waals surface area (Å²) in [5, 5.41) is 5.42. The molecule has 0 fully saturated rings. The van der Waals surface area contributed by atoms with Gasteiger partial charge in [-0.1, -0.05) is 4.68 Å². The first kappa shape index (κ1) is 16.0. The molecule has 9 heteroatoms. The molecule has 0 unspecified atom stereocenters. The predicted molar refractivity (Wildman–Crippen MR) is 79.4 cm³/mol. The number of nitrogens with zero attached hydrogens (tertiary/aromatic N) is 1. The van der Waals surface area contributed by atoms with Crippen LogP contribution in [0.15, 0.2) is 32.5 Å². The number of ether oxygens (including phenoxy) is 2. The van der Waals surface area contributed by atoms with Gasteiger partial charge in [0, 0.05) is 6.07 Å². The maximum Gasteiger partial charge on any atom is 0.441 e. The zero-order valence-electron chi connectivity index (χ0n) is 12.3. The Morgan fingerprint density at radius 2 is 2.18 bits per heavy atom. The van der Waals surface area contributed by atoms with E-state index in [1.807, 2.05) is 0 Å². The number of benzene rings is 1. The summed E-state index contributed by atoms with van der Waals surface area (Å²) < 4.78 is 16.3. The normalized spacial score (nSPS) is 10.3. The highest BCUT2D eigenvalue weighted by atomic mass is 32.2. The second-order valence-corrected chi connectivity index (χ2v) is 5.21. The lowest BCUT2D eigenvalue weighted by Crippen LogP contribution is -2.34. The van der Waals surface area contributed by atoms with E-state index in [9.17, 15) is 9.59 Å². The zero-order valence-corrected chi connectivity index (χ0v) is 13.2. The van der Waals surface area contributed by atoms with Gasteiger partial charge in [0.15, 0.2) is 7.05 Å². The lowest BCUT2D eigenvalue weighted by Gasteiger charge is -2.11. The van der Waals surface area contributed by atoms with Gasteiger partial charge in [0.1, 0.15) is 11.5 Å². The van der Waals surface area contributed by atoms with Crippen LogP contribution >= 0.6 is 11.8 Å². The van der Waals surface area contributed by atoms with Gasteiger partial charge in [0.25, 0.3) is 0 Å². The molecule has 0 radical (unpaired) electrons. The van der Waals surface area contributed by atoms with Gasteiger partial charge >= 0.3 is 10.7 Å². The second kappa shape index (κ2) is 7.03. The van der Waals surface area contributed by atoms with Gasteiger partial charge in [-0.05, 0) is 29.2 Å². The SMILES string of the molecule is COc1ccc(OC)c(NC(=O)CSc2c(=O)o[nH][n+]2C)c1. The smallest absolute Gasteiger partial charge is 0.441 e. The monoisotopic (exact) mass is 326 g/mol. The highest BCUT2D eigenvalue weighted by Crippen LogP contribution is 2.29. The maximum atomic E-state index is 12.0. The van der Waals surface area contributed by atoms with Crippen LogP contribution in [0.2, 0.25) is 0 Å². The van der Waals surface area contributed by atoms with E-state index in [-0.39, 0.29) is 11.7 Å². The summed E-state index contributed by atoms with van der Waals surface area (Å²) in [6.07, 6.45) is 0. The number of hydrogen-bond acceptors (Lipinski definition) is 6. The Morgan fingerprint density at radius 1 is 1.41 bits per heavy atom. The number of rotatable bonds is 6. The van der Waals surface area contributed by atoms with E-state index in [0.29, 0.717) is 22.2 Å². The van der Waals surface area contributed by atoms with Gasteiger partial charge in [-0.25, -0.2) is 4.79 Å².